The Morgan fingerprint density at radius 1 is 1.28 bits per heavy atom. The van der Waals surface area contributed by atoms with Crippen molar-refractivity contribution in [3.63, 3.8) is 0 Å². The topological polar surface area (TPSA) is 55.1 Å². The maximum Gasteiger partial charge on any atom is 0.227 e. The molecule has 0 aliphatic heterocycles. The average molecular weight is 256 g/mol. The highest BCUT2D eigenvalue weighted by Gasteiger charge is 2.31. The van der Waals surface area contributed by atoms with Gasteiger partial charge in [-0.15, -0.1) is 0 Å². The number of nitrogens with one attached hydrogen (secondary N) is 1. The molecule has 1 aliphatic rings. The van der Waals surface area contributed by atoms with Crippen LogP contribution in [0, 0.1) is 10.8 Å². The van der Waals surface area contributed by atoms with Crippen molar-refractivity contribution in [3.8, 4) is 0 Å². The number of rotatable bonds is 3. The second kappa shape index (κ2) is 7.13. The molecule has 0 unspecified atom stereocenters. The Morgan fingerprint density at radius 2 is 1.72 bits per heavy atom. The van der Waals surface area contributed by atoms with Crippen LogP contribution in [0.1, 0.15) is 67.2 Å². The van der Waals surface area contributed by atoms with Gasteiger partial charge in [0.15, 0.2) is 0 Å². The van der Waals surface area contributed by atoms with Gasteiger partial charge in [0.25, 0.3) is 0 Å². The molecule has 3 nitrogen and oxygen atoms in total. The third-order valence-corrected chi connectivity index (χ3v) is 3.80. The van der Waals surface area contributed by atoms with E-state index in [2.05, 4.69) is 19.2 Å². The molecule has 3 N–H and O–H groups in total. The molecule has 0 aromatic heterocycles. The summed E-state index contributed by atoms with van der Waals surface area (Å²) in [5, 5.41) is 3.13. The van der Waals surface area contributed by atoms with E-state index in [4.69, 9.17) is 5.73 Å². The highest BCUT2D eigenvalue weighted by molar-refractivity contribution is 5.82. The van der Waals surface area contributed by atoms with Gasteiger partial charge in [0.1, 0.15) is 0 Å². The fourth-order valence-electron chi connectivity index (χ4n) is 2.02. The van der Waals surface area contributed by atoms with Gasteiger partial charge in [-0.1, -0.05) is 27.7 Å². The minimum absolute atomic E-state index is 0.0970. The molecule has 0 radical (unpaired) electrons. The van der Waals surface area contributed by atoms with E-state index in [1.807, 2.05) is 27.7 Å². The summed E-state index contributed by atoms with van der Waals surface area (Å²) in [5.74, 6) is 0.0970. The second-order valence-corrected chi connectivity index (χ2v) is 6.50. The van der Waals surface area contributed by atoms with E-state index in [1.165, 1.54) is 12.8 Å². The summed E-state index contributed by atoms with van der Waals surface area (Å²) in [4.78, 5) is 11.9. The predicted molar refractivity (Wildman–Crippen MR) is 78.4 cm³/mol. The lowest BCUT2D eigenvalue weighted by Gasteiger charge is -2.36. The Hall–Kier alpha value is -0.570. The Kier molecular flexibility index (Phi) is 6.90. The molecule has 3 heteroatoms. The van der Waals surface area contributed by atoms with E-state index in [-0.39, 0.29) is 5.91 Å². The molecule has 1 aliphatic carbocycles. The van der Waals surface area contributed by atoms with E-state index in [9.17, 15) is 4.79 Å². The van der Waals surface area contributed by atoms with Crippen LogP contribution in [0.25, 0.3) is 0 Å². The number of amides is 1. The first-order chi connectivity index (χ1) is 8.27. The quantitative estimate of drug-likeness (QED) is 0.815. The molecule has 0 spiro atoms. The number of carbonyl (C=O) groups excluding carboxylic acids is 1. The van der Waals surface area contributed by atoms with E-state index in [0.717, 1.165) is 12.8 Å². The van der Waals surface area contributed by atoms with Crippen LogP contribution in [0.2, 0.25) is 0 Å². The Morgan fingerprint density at radius 3 is 2.11 bits per heavy atom. The molecule has 0 bridgehead atoms. The summed E-state index contributed by atoms with van der Waals surface area (Å²) in [6.45, 7) is 12.8. The molecular formula is C15H32N2O. The Labute approximate surface area is 113 Å². The Balaban J connectivity index is 0.00000137. The van der Waals surface area contributed by atoms with Gasteiger partial charge < -0.3 is 11.1 Å². The van der Waals surface area contributed by atoms with Crippen LogP contribution in [0.4, 0.5) is 0 Å². The van der Waals surface area contributed by atoms with Gasteiger partial charge >= 0.3 is 0 Å². The molecule has 1 rings (SSSR count). The van der Waals surface area contributed by atoms with Gasteiger partial charge in [0.05, 0.1) is 5.41 Å². The van der Waals surface area contributed by atoms with Crippen LogP contribution < -0.4 is 11.1 Å². The van der Waals surface area contributed by atoms with Crippen LogP contribution in [0.3, 0.4) is 0 Å². The zero-order valence-corrected chi connectivity index (χ0v) is 13.1. The van der Waals surface area contributed by atoms with Crippen molar-refractivity contribution in [1.29, 1.82) is 0 Å². The van der Waals surface area contributed by atoms with Crippen LogP contribution >= 0.6 is 0 Å². The standard InChI is InChI=1S/C13H26N2O.C2H6/c1-12(2)7-5-10(6-8-12)15-11(16)13(3,4)9-14;1-2/h10H,5-9,14H2,1-4H3,(H,15,16);1-2H3. The van der Waals surface area contributed by atoms with Crippen molar-refractivity contribution in [2.75, 3.05) is 6.54 Å². The molecule has 18 heavy (non-hydrogen) atoms. The summed E-state index contributed by atoms with van der Waals surface area (Å²) >= 11 is 0. The van der Waals surface area contributed by atoms with Crippen molar-refractivity contribution in [2.24, 2.45) is 16.6 Å². The summed E-state index contributed by atoms with van der Waals surface area (Å²) in [7, 11) is 0. The molecule has 1 amide bonds. The van der Waals surface area contributed by atoms with Crippen molar-refractivity contribution in [1.82, 2.24) is 5.32 Å². The maximum absolute atomic E-state index is 11.9. The lowest BCUT2D eigenvalue weighted by atomic mass is 9.75. The van der Waals surface area contributed by atoms with Gasteiger partial charge in [0, 0.05) is 12.6 Å². The Bertz CT molecular complexity index is 249. The van der Waals surface area contributed by atoms with Gasteiger partial charge in [-0.25, -0.2) is 0 Å². The third-order valence-electron chi connectivity index (χ3n) is 3.80. The number of carbonyl (C=O) groups is 1. The normalized spacial score (nSPS) is 19.7. The fourth-order valence-corrected chi connectivity index (χ4v) is 2.02. The van der Waals surface area contributed by atoms with Crippen LogP contribution in [0.5, 0.6) is 0 Å². The molecular weight excluding hydrogens is 224 g/mol. The zero-order chi connectivity index (χ0) is 14.4. The van der Waals surface area contributed by atoms with Crippen molar-refractivity contribution in [3.05, 3.63) is 0 Å². The smallest absolute Gasteiger partial charge is 0.227 e. The first-order valence-corrected chi connectivity index (χ1v) is 7.28. The third kappa shape index (κ3) is 5.38. The van der Waals surface area contributed by atoms with Crippen molar-refractivity contribution in [2.45, 2.75) is 73.3 Å². The SMILES string of the molecule is CC.CC1(C)CCC(NC(=O)C(C)(C)CN)CC1. The maximum atomic E-state index is 11.9. The minimum Gasteiger partial charge on any atom is -0.353 e. The zero-order valence-electron chi connectivity index (χ0n) is 13.1. The predicted octanol–water partition coefficient (Wildman–Crippen LogP) is 3.08. The number of hydrogen-bond acceptors (Lipinski definition) is 2. The molecule has 0 heterocycles. The highest BCUT2D eigenvalue weighted by atomic mass is 16.2. The summed E-state index contributed by atoms with van der Waals surface area (Å²) in [5.41, 5.74) is 5.61. The first-order valence-electron chi connectivity index (χ1n) is 7.28. The molecule has 0 aromatic rings. The highest BCUT2D eigenvalue weighted by Crippen LogP contribution is 2.35. The molecule has 108 valence electrons. The number of nitrogens with two attached hydrogens (primary N) is 1. The van der Waals surface area contributed by atoms with Crippen molar-refractivity contribution >= 4 is 5.91 Å². The summed E-state index contributed by atoms with van der Waals surface area (Å²) in [6.07, 6.45) is 4.58. The summed E-state index contributed by atoms with van der Waals surface area (Å²) in [6, 6.07) is 0.353. The van der Waals surface area contributed by atoms with Crippen LogP contribution in [0.15, 0.2) is 0 Å². The monoisotopic (exact) mass is 256 g/mol. The lowest BCUT2D eigenvalue weighted by molar-refractivity contribution is -0.130. The molecule has 0 atom stereocenters. The van der Waals surface area contributed by atoms with Gasteiger partial charge in [-0.05, 0) is 44.9 Å². The molecule has 1 fully saturated rings. The molecule has 1 saturated carbocycles. The average Bonchev–Trinajstić information content (AvgIpc) is 2.34. The van der Waals surface area contributed by atoms with E-state index < -0.39 is 5.41 Å². The minimum atomic E-state index is -0.438. The van der Waals surface area contributed by atoms with E-state index in [1.54, 1.807) is 0 Å². The largest absolute Gasteiger partial charge is 0.353 e. The number of hydrogen-bond donors (Lipinski definition) is 2. The van der Waals surface area contributed by atoms with Gasteiger partial charge in [0.2, 0.25) is 5.91 Å². The van der Waals surface area contributed by atoms with Gasteiger partial charge in [-0.3, -0.25) is 4.79 Å². The second-order valence-electron chi connectivity index (χ2n) is 6.50. The molecule has 0 saturated heterocycles. The summed E-state index contributed by atoms with van der Waals surface area (Å²) < 4.78 is 0. The molecule has 0 aromatic carbocycles. The first kappa shape index (κ1) is 17.4. The van der Waals surface area contributed by atoms with E-state index >= 15 is 0 Å². The van der Waals surface area contributed by atoms with E-state index in [0.29, 0.717) is 18.0 Å². The fraction of sp³-hybridized carbons (Fsp3) is 0.933. The van der Waals surface area contributed by atoms with Crippen LogP contribution in [-0.4, -0.2) is 18.5 Å². The van der Waals surface area contributed by atoms with Crippen LogP contribution in [-0.2, 0) is 4.79 Å². The lowest BCUT2D eigenvalue weighted by Crippen LogP contribution is -2.47. The van der Waals surface area contributed by atoms with Gasteiger partial charge in [-0.2, -0.15) is 0 Å². The van der Waals surface area contributed by atoms with Crippen molar-refractivity contribution < 1.29 is 4.79 Å².